The molecule has 1 saturated heterocycles. The number of nitrogens with one attached hydrogen (secondary N) is 1. The lowest BCUT2D eigenvalue weighted by Gasteiger charge is -2.63. The van der Waals surface area contributed by atoms with Gasteiger partial charge < -0.3 is 20.1 Å². The Kier molecular flexibility index (Phi) is 3.91. The number of nitrogens with zero attached hydrogens (tertiary/aromatic N) is 1. The molecule has 2 amide bonds. The first kappa shape index (κ1) is 14.1. The summed E-state index contributed by atoms with van der Waals surface area (Å²) in [5.41, 5.74) is 0.230. The molecule has 114 valence electrons. The number of fused-ring (bicyclic) bond motifs is 2. The fraction of sp³-hybridized carbons (Fsp3) is 0.933. The maximum Gasteiger partial charge on any atom is 0.317 e. The summed E-state index contributed by atoms with van der Waals surface area (Å²) in [5, 5.41) is 12.3. The van der Waals surface area contributed by atoms with E-state index in [-0.39, 0.29) is 24.1 Å². The number of hydrogen-bond donors (Lipinski definition) is 2. The smallest absolute Gasteiger partial charge is 0.317 e. The highest BCUT2D eigenvalue weighted by Gasteiger charge is 2.67. The van der Waals surface area contributed by atoms with Crippen molar-refractivity contribution in [2.75, 3.05) is 26.3 Å². The van der Waals surface area contributed by atoms with Crippen LogP contribution in [-0.2, 0) is 4.74 Å². The summed E-state index contributed by atoms with van der Waals surface area (Å²) in [4.78, 5) is 14.1. The monoisotopic (exact) mass is 282 g/mol. The minimum absolute atomic E-state index is 0.0116. The number of hydrogen-bond acceptors (Lipinski definition) is 3. The highest BCUT2D eigenvalue weighted by molar-refractivity contribution is 5.75. The van der Waals surface area contributed by atoms with Crippen molar-refractivity contribution >= 4 is 6.03 Å². The summed E-state index contributed by atoms with van der Waals surface area (Å²) in [7, 11) is 0. The van der Waals surface area contributed by atoms with Crippen LogP contribution < -0.4 is 5.32 Å². The Labute approximate surface area is 120 Å². The zero-order chi connectivity index (χ0) is 14.2. The number of carbonyl (C=O) groups excluding carboxylic acids is 1. The largest absolute Gasteiger partial charge is 0.395 e. The Morgan fingerprint density at radius 1 is 1.45 bits per heavy atom. The zero-order valence-corrected chi connectivity index (χ0v) is 12.3. The lowest BCUT2D eigenvalue weighted by atomic mass is 9.46. The van der Waals surface area contributed by atoms with Crippen molar-refractivity contribution in [1.29, 1.82) is 0 Å². The number of rotatable bonds is 5. The summed E-state index contributed by atoms with van der Waals surface area (Å²) in [6, 6.07) is 0.275. The molecule has 3 aliphatic rings. The van der Waals surface area contributed by atoms with E-state index in [9.17, 15) is 4.79 Å². The second kappa shape index (κ2) is 5.53. The quantitative estimate of drug-likeness (QED) is 0.800. The zero-order valence-electron chi connectivity index (χ0n) is 12.3. The van der Waals surface area contributed by atoms with E-state index in [0.717, 1.165) is 19.4 Å². The molecule has 3 atom stereocenters. The molecule has 2 aliphatic carbocycles. The minimum Gasteiger partial charge on any atom is -0.395 e. The molecule has 1 spiro atoms. The first-order chi connectivity index (χ1) is 9.73. The Balaban J connectivity index is 1.63. The first-order valence-corrected chi connectivity index (χ1v) is 8.01. The summed E-state index contributed by atoms with van der Waals surface area (Å²) >= 11 is 0. The second-order valence-electron chi connectivity index (χ2n) is 6.47. The summed E-state index contributed by atoms with van der Waals surface area (Å²) in [5.74, 6) is 0.511. The van der Waals surface area contributed by atoms with Crippen molar-refractivity contribution in [2.24, 2.45) is 11.3 Å². The maximum atomic E-state index is 12.4. The molecule has 0 aromatic heterocycles. The Morgan fingerprint density at radius 2 is 2.25 bits per heavy atom. The van der Waals surface area contributed by atoms with Gasteiger partial charge in [0, 0.05) is 37.1 Å². The van der Waals surface area contributed by atoms with Crippen molar-refractivity contribution in [2.45, 2.75) is 51.2 Å². The van der Waals surface area contributed by atoms with E-state index >= 15 is 0 Å². The molecule has 3 unspecified atom stereocenters. The molecule has 20 heavy (non-hydrogen) atoms. The fourth-order valence-electron chi connectivity index (χ4n) is 4.39. The average molecular weight is 282 g/mol. The SMILES string of the molecule is CCCN(CCO)C(=O)NC1C2CCOC2C12CCC2. The van der Waals surface area contributed by atoms with Crippen LogP contribution in [0.15, 0.2) is 0 Å². The predicted molar refractivity (Wildman–Crippen MR) is 75.4 cm³/mol. The molecule has 2 saturated carbocycles. The molecule has 1 heterocycles. The van der Waals surface area contributed by atoms with Gasteiger partial charge in [-0.2, -0.15) is 0 Å². The van der Waals surface area contributed by atoms with Crippen molar-refractivity contribution in [1.82, 2.24) is 10.2 Å². The average Bonchev–Trinajstić information content (AvgIpc) is 2.79. The van der Waals surface area contributed by atoms with Crippen molar-refractivity contribution in [3.05, 3.63) is 0 Å². The number of ether oxygens (including phenoxy) is 1. The van der Waals surface area contributed by atoms with Gasteiger partial charge in [-0.1, -0.05) is 13.3 Å². The molecule has 2 N–H and O–H groups in total. The van der Waals surface area contributed by atoms with Crippen LogP contribution >= 0.6 is 0 Å². The lowest BCUT2D eigenvalue weighted by Crippen LogP contribution is -2.72. The van der Waals surface area contributed by atoms with E-state index in [1.54, 1.807) is 4.90 Å². The summed E-state index contributed by atoms with van der Waals surface area (Å²) < 4.78 is 5.87. The third-order valence-corrected chi connectivity index (χ3v) is 5.47. The second-order valence-corrected chi connectivity index (χ2v) is 6.47. The number of urea groups is 1. The molecule has 1 aliphatic heterocycles. The molecule has 0 aromatic carbocycles. The van der Waals surface area contributed by atoms with Crippen LogP contribution in [0.4, 0.5) is 4.79 Å². The Bertz CT molecular complexity index is 364. The summed E-state index contributed by atoms with van der Waals surface area (Å²) in [6.45, 7) is 4.05. The molecule has 0 bridgehead atoms. The Morgan fingerprint density at radius 3 is 2.85 bits per heavy atom. The predicted octanol–water partition coefficient (Wildman–Crippen LogP) is 1.36. The van der Waals surface area contributed by atoms with E-state index in [4.69, 9.17) is 9.84 Å². The topological polar surface area (TPSA) is 61.8 Å². The highest BCUT2D eigenvalue weighted by Crippen LogP contribution is 2.62. The van der Waals surface area contributed by atoms with Crippen molar-refractivity contribution in [3.8, 4) is 0 Å². The third kappa shape index (κ3) is 2.02. The number of amides is 2. The van der Waals surface area contributed by atoms with Gasteiger partial charge in [0.05, 0.1) is 12.7 Å². The van der Waals surface area contributed by atoms with Crippen LogP contribution in [-0.4, -0.2) is 54.5 Å². The summed E-state index contributed by atoms with van der Waals surface area (Å²) in [6.07, 6.45) is 6.01. The van der Waals surface area contributed by atoms with Gasteiger partial charge in [0.25, 0.3) is 0 Å². The van der Waals surface area contributed by atoms with Gasteiger partial charge in [0.2, 0.25) is 0 Å². The minimum atomic E-state index is -0.0116. The van der Waals surface area contributed by atoms with Gasteiger partial charge in [-0.3, -0.25) is 0 Å². The van der Waals surface area contributed by atoms with Gasteiger partial charge in [-0.05, 0) is 25.7 Å². The van der Waals surface area contributed by atoms with Gasteiger partial charge in [0.15, 0.2) is 0 Å². The lowest BCUT2D eigenvalue weighted by molar-refractivity contribution is -0.172. The van der Waals surface area contributed by atoms with E-state index in [1.807, 2.05) is 0 Å². The van der Waals surface area contributed by atoms with E-state index in [0.29, 0.717) is 25.1 Å². The van der Waals surface area contributed by atoms with Crippen LogP contribution in [0.2, 0.25) is 0 Å². The van der Waals surface area contributed by atoms with Gasteiger partial charge >= 0.3 is 6.03 Å². The van der Waals surface area contributed by atoms with E-state index < -0.39 is 0 Å². The number of aliphatic hydroxyl groups is 1. The number of carbonyl (C=O) groups is 1. The number of aliphatic hydroxyl groups excluding tert-OH is 1. The molecule has 5 nitrogen and oxygen atoms in total. The van der Waals surface area contributed by atoms with E-state index in [2.05, 4.69) is 12.2 Å². The molecular formula is C15H26N2O3. The molecule has 3 rings (SSSR count). The van der Waals surface area contributed by atoms with E-state index in [1.165, 1.54) is 19.3 Å². The van der Waals surface area contributed by atoms with Crippen LogP contribution in [0.3, 0.4) is 0 Å². The third-order valence-electron chi connectivity index (χ3n) is 5.47. The molecule has 0 aromatic rings. The first-order valence-electron chi connectivity index (χ1n) is 8.01. The highest BCUT2D eigenvalue weighted by atomic mass is 16.5. The fourth-order valence-corrected chi connectivity index (χ4v) is 4.39. The molecular weight excluding hydrogens is 256 g/mol. The standard InChI is InChI=1S/C15H26N2O3/c1-2-7-17(8-9-18)14(19)16-12-11-4-10-20-13(11)15(12)5-3-6-15/h11-13,18H,2-10H2,1H3,(H,16,19). The molecule has 3 fully saturated rings. The van der Waals surface area contributed by atoms with Crippen molar-refractivity contribution < 1.29 is 14.6 Å². The molecule has 0 radical (unpaired) electrons. The van der Waals surface area contributed by atoms with Gasteiger partial charge in [-0.15, -0.1) is 0 Å². The van der Waals surface area contributed by atoms with Gasteiger partial charge in [0.1, 0.15) is 0 Å². The van der Waals surface area contributed by atoms with Crippen LogP contribution in [0.5, 0.6) is 0 Å². The molecule has 5 heteroatoms. The Hall–Kier alpha value is -0.810. The van der Waals surface area contributed by atoms with Crippen LogP contribution in [0.1, 0.15) is 39.0 Å². The maximum absolute atomic E-state index is 12.4. The van der Waals surface area contributed by atoms with Crippen LogP contribution in [0, 0.1) is 11.3 Å². The van der Waals surface area contributed by atoms with Crippen LogP contribution in [0.25, 0.3) is 0 Å². The van der Waals surface area contributed by atoms with Crippen molar-refractivity contribution in [3.63, 3.8) is 0 Å². The van der Waals surface area contributed by atoms with Gasteiger partial charge in [-0.25, -0.2) is 4.79 Å². The normalized spacial score (nSPS) is 33.2.